The summed E-state index contributed by atoms with van der Waals surface area (Å²) < 4.78 is 0. The molecule has 3 aliphatic carbocycles. The molecular formula is C19H26O2. The normalized spacial score (nSPS) is 42.5. The summed E-state index contributed by atoms with van der Waals surface area (Å²) in [6.07, 6.45) is 11.2. The summed E-state index contributed by atoms with van der Waals surface area (Å²) in [6.45, 7) is 8.54. The van der Waals surface area contributed by atoms with Gasteiger partial charge in [-0.25, -0.2) is 0 Å². The van der Waals surface area contributed by atoms with Crippen molar-refractivity contribution < 1.29 is 9.90 Å². The molecule has 4 atom stereocenters. The van der Waals surface area contributed by atoms with E-state index >= 15 is 0 Å². The maximum absolute atomic E-state index is 12.1. The van der Waals surface area contributed by atoms with Gasteiger partial charge in [0, 0.05) is 11.8 Å². The molecule has 0 saturated heterocycles. The first-order valence-electron chi connectivity index (χ1n) is 8.11. The van der Waals surface area contributed by atoms with E-state index in [0.717, 1.165) is 31.3 Å². The van der Waals surface area contributed by atoms with Gasteiger partial charge in [-0.3, -0.25) is 4.79 Å². The SMILES string of the molecule is C=CC1(C)C=C2CCC3C(CO)=CC(=O)CC3(C)C2CC1. The van der Waals surface area contributed by atoms with Gasteiger partial charge in [0.15, 0.2) is 5.78 Å². The van der Waals surface area contributed by atoms with Crippen LogP contribution in [0.1, 0.15) is 46.0 Å². The third-order valence-corrected chi connectivity index (χ3v) is 6.25. The Morgan fingerprint density at radius 2 is 2.14 bits per heavy atom. The minimum Gasteiger partial charge on any atom is -0.392 e. The van der Waals surface area contributed by atoms with Gasteiger partial charge in [-0.05, 0) is 54.6 Å². The fraction of sp³-hybridized carbons (Fsp3) is 0.632. The Labute approximate surface area is 127 Å². The average Bonchev–Trinajstić information content (AvgIpc) is 2.45. The molecule has 0 aromatic carbocycles. The zero-order valence-electron chi connectivity index (χ0n) is 13.2. The first-order chi connectivity index (χ1) is 9.92. The monoisotopic (exact) mass is 286 g/mol. The predicted octanol–water partition coefficient (Wildman–Crippen LogP) is 3.82. The van der Waals surface area contributed by atoms with Crippen molar-refractivity contribution in [3.63, 3.8) is 0 Å². The quantitative estimate of drug-likeness (QED) is 0.783. The Morgan fingerprint density at radius 3 is 2.81 bits per heavy atom. The summed E-state index contributed by atoms with van der Waals surface area (Å²) >= 11 is 0. The molecule has 3 aliphatic rings. The summed E-state index contributed by atoms with van der Waals surface area (Å²) in [5, 5.41) is 9.63. The number of allylic oxidation sites excluding steroid dienone is 4. The lowest BCUT2D eigenvalue weighted by molar-refractivity contribution is -0.120. The molecule has 0 aromatic heterocycles. The molecule has 0 spiro atoms. The second-order valence-corrected chi connectivity index (χ2v) is 7.64. The lowest BCUT2D eigenvalue weighted by Crippen LogP contribution is -2.47. The minimum atomic E-state index is -0.00349. The summed E-state index contributed by atoms with van der Waals surface area (Å²) in [4.78, 5) is 12.1. The van der Waals surface area contributed by atoms with Crippen LogP contribution in [0.3, 0.4) is 0 Å². The standard InChI is InChI=1S/C19H26O2/c1-4-18(2)8-7-17-13(10-18)5-6-16-14(12-20)9-15(21)11-19(16,17)3/h4,9-10,16-17,20H,1,5-8,11-12H2,2-3H3. The number of carbonyl (C=O) groups is 1. The molecule has 0 amide bonds. The average molecular weight is 286 g/mol. The molecule has 1 N–H and O–H groups in total. The third-order valence-electron chi connectivity index (χ3n) is 6.25. The number of hydrogen-bond donors (Lipinski definition) is 1. The molecule has 0 bridgehead atoms. The zero-order chi connectivity index (χ0) is 15.3. The third kappa shape index (κ3) is 2.24. The summed E-state index contributed by atoms with van der Waals surface area (Å²) in [7, 11) is 0. The first kappa shape index (κ1) is 14.8. The van der Waals surface area contributed by atoms with Crippen molar-refractivity contribution in [1.82, 2.24) is 0 Å². The summed E-state index contributed by atoms with van der Waals surface area (Å²) in [5.41, 5.74) is 2.60. The van der Waals surface area contributed by atoms with Crippen molar-refractivity contribution in [3.05, 3.63) is 36.0 Å². The highest BCUT2D eigenvalue weighted by molar-refractivity contribution is 5.92. The van der Waals surface area contributed by atoms with Gasteiger partial charge in [0.1, 0.15) is 0 Å². The molecule has 0 heterocycles. The molecule has 1 saturated carbocycles. The number of fused-ring (bicyclic) bond motifs is 3. The van der Waals surface area contributed by atoms with E-state index in [-0.39, 0.29) is 23.2 Å². The Morgan fingerprint density at radius 1 is 1.38 bits per heavy atom. The molecule has 114 valence electrons. The van der Waals surface area contributed by atoms with Crippen LogP contribution in [-0.2, 0) is 4.79 Å². The second kappa shape index (κ2) is 4.95. The number of carbonyl (C=O) groups excluding carboxylic acids is 1. The van der Waals surface area contributed by atoms with Crippen molar-refractivity contribution >= 4 is 5.78 Å². The number of rotatable bonds is 2. The number of aliphatic hydroxyl groups excluding tert-OH is 1. The van der Waals surface area contributed by atoms with Gasteiger partial charge in [-0.1, -0.05) is 31.6 Å². The Hall–Kier alpha value is -1.15. The predicted molar refractivity (Wildman–Crippen MR) is 84.7 cm³/mol. The molecular weight excluding hydrogens is 260 g/mol. The highest BCUT2D eigenvalue weighted by atomic mass is 16.3. The van der Waals surface area contributed by atoms with Crippen LogP contribution in [0.25, 0.3) is 0 Å². The Bertz CT molecular complexity index is 542. The van der Waals surface area contributed by atoms with E-state index in [0.29, 0.717) is 18.3 Å². The van der Waals surface area contributed by atoms with E-state index in [2.05, 4.69) is 32.6 Å². The van der Waals surface area contributed by atoms with Crippen LogP contribution in [0.15, 0.2) is 36.0 Å². The largest absolute Gasteiger partial charge is 0.392 e. The molecule has 0 aliphatic heterocycles. The molecule has 1 fully saturated rings. The van der Waals surface area contributed by atoms with Crippen LogP contribution in [-0.4, -0.2) is 17.5 Å². The van der Waals surface area contributed by atoms with Crippen molar-refractivity contribution in [1.29, 1.82) is 0 Å². The van der Waals surface area contributed by atoms with Gasteiger partial charge in [-0.2, -0.15) is 0 Å². The molecule has 0 aromatic rings. The van der Waals surface area contributed by atoms with Crippen molar-refractivity contribution in [2.75, 3.05) is 6.61 Å². The molecule has 3 rings (SSSR count). The minimum absolute atomic E-state index is 0.00349. The fourth-order valence-electron chi connectivity index (χ4n) is 5.03. The topological polar surface area (TPSA) is 37.3 Å². The molecule has 21 heavy (non-hydrogen) atoms. The smallest absolute Gasteiger partial charge is 0.156 e. The van der Waals surface area contributed by atoms with Crippen molar-refractivity contribution in [2.24, 2.45) is 22.7 Å². The summed E-state index contributed by atoms with van der Waals surface area (Å²) in [5.74, 6) is 1.05. The van der Waals surface area contributed by atoms with Gasteiger partial charge in [0.05, 0.1) is 6.61 Å². The van der Waals surface area contributed by atoms with E-state index in [9.17, 15) is 9.90 Å². The molecule has 0 radical (unpaired) electrons. The van der Waals surface area contributed by atoms with Crippen LogP contribution >= 0.6 is 0 Å². The van der Waals surface area contributed by atoms with Crippen LogP contribution in [0.5, 0.6) is 0 Å². The number of hydrogen-bond acceptors (Lipinski definition) is 2. The zero-order valence-corrected chi connectivity index (χ0v) is 13.2. The fourth-order valence-corrected chi connectivity index (χ4v) is 5.03. The van der Waals surface area contributed by atoms with Gasteiger partial charge < -0.3 is 5.11 Å². The van der Waals surface area contributed by atoms with Crippen LogP contribution in [0, 0.1) is 22.7 Å². The van der Waals surface area contributed by atoms with E-state index in [1.807, 2.05) is 0 Å². The lowest BCUT2D eigenvalue weighted by Gasteiger charge is -2.53. The van der Waals surface area contributed by atoms with E-state index in [1.54, 1.807) is 6.08 Å². The molecule has 4 unspecified atom stereocenters. The Kier molecular flexibility index (Phi) is 3.48. The summed E-state index contributed by atoms with van der Waals surface area (Å²) in [6, 6.07) is 0. The van der Waals surface area contributed by atoms with Gasteiger partial charge in [-0.15, -0.1) is 6.58 Å². The Balaban J connectivity index is 2.00. The first-order valence-corrected chi connectivity index (χ1v) is 8.11. The highest BCUT2D eigenvalue weighted by Gasteiger charge is 2.51. The van der Waals surface area contributed by atoms with Gasteiger partial charge in [0.2, 0.25) is 0 Å². The number of ketones is 1. The van der Waals surface area contributed by atoms with Crippen LogP contribution < -0.4 is 0 Å². The second-order valence-electron chi connectivity index (χ2n) is 7.64. The maximum Gasteiger partial charge on any atom is 0.156 e. The van der Waals surface area contributed by atoms with Gasteiger partial charge >= 0.3 is 0 Å². The molecule has 2 nitrogen and oxygen atoms in total. The van der Waals surface area contributed by atoms with Crippen molar-refractivity contribution in [2.45, 2.75) is 46.0 Å². The van der Waals surface area contributed by atoms with Crippen LogP contribution in [0.2, 0.25) is 0 Å². The number of aliphatic hydroxyl groups is 1. The highest BCUT2D eigenvalue weighted by Crippen LogP contribution is 2.58. The maximum atomic E-state index is 12.1. The lowest BCUT2D eigenvalue weighted by atomic mass is 9.50. The van der Waals surface area contributed by atoms with E-state index < -0.39 is 0 Å². The van der Waals surface area contributed by atoms with Gasteiger partial charge in [0.25, 0.3) is 0 Å². The van der Waals surface area contributed by atoms with E-state index in [4.69, 9.17) is 0 Å². The van der Waals surface area contributed by atoms with Crippen LogP contribution in [0.4, 0.5) is 0 Å². The molecule has 2 heteroatoms. The van der Waals surface area contributed by atoms with Crippen molar-refractivity contribution in [3.8, 4) is 0 Å². The van der Waals surface area contributed by atoms with E-state index in [1.165, 1.54) is 5.57 Å².